The number of rotatable bonds is 8. The molecule has 1 aliphatic rings. The third-order valence-corrected chi connectivity index (χ3v) is 5.59. The Morgan fingerprint density at radius 2 is 2.06 bits per heavy atom. The van der Waals surface area contributed by atoms with Gasteiger partial charge in [0.05, 0.1) is 23.3 Å². The zero-order valence-corrected chi connectivity index (χ0v) is 17.8. The van der Waals surface area contributed by atoms with Crippen molar-refractivity contribution < 1.29 is 23.5 Å². The lowest BCUT2D eigenvalue weighted by Gasteiger charge is -2.11. The number of hydrogen-bond donors (Lipinski definition) is 1. The summed E-state index contributed by atoms with van der Waals surface area (Å²) in [7, 11) is 0. The number of anilines is 1. The highest BCUT2D eigenvalue weighted by Gasteiger charge is 2.21. The predicted molar refractivity (Wildman–Crippen MR) is 115 cm³/mol. The van der Waals surface area contributed by atoms with E-state index in [0.717, 1.165) is 11.3 Å². The molecule has 3 aromatic rings. The molecule has 0 aliphatic carbocycles. The molecule has 10 heteroatoms. The first-order valence-electron chi connectivity index (χ1n) is 9.43. The van der Waals surface area contributed by atoms with E-state index in [9.17, 15) is 9.59 Å². The summed E-state index contributed by atoms with van der Waals surface area (Å²) in [6.45, 7) is 7.62. The first kappa shape index (κ1) is 20.7. The average molecular weight is 440 g/mol. The van der Waals surface area contributed by atoms with E-state index in [1.54, 1.807) is 24.5 Å². The van der Waals surface area contributed by atoms with Crippen LogP contribution in [0.4, 0.5) is 5.69 Å². The molecule has 160 valence electrons. The minimum absolute atomic E-state index is 0.0748. The van der Waals surface area contributed by atoms with Gasteiger partial charge in [0.2, 0.25) is 12.7 Å². The van der Waals surface area contributed by atoms with Crippen molar-refractivity contribution in [1.29, 1.82) is 0 Å². The molecule has 0 spiro atoms. The first-order valence-corrected chi connectivity index (χ1v) is 10.4. The van der Waals surface area contributed by atoms with Gasteiger partial charge in [-0.25, -0.2) is 0 Å². The van der Waals surface area contributed by atoms with Crippen LogP contribution >= 0.6 is 11.8 Å². The van der Waals surface area contributed by atoms with Gasteiger partial charge < -0.3 is 19.2 Å². The van der Waals surface area contributed by atoms with Crippen molar-refractivity contribution in [3.05, 3.63) is 48.4 Å². The number of allylic oxidation sites excluding steroid dienone is 1. The maximum atomic E-state index is 12.6. The number of benzene rings is 1. The van der Waals surface area contributed by atoms with Crippen LogP contribution in [0, 0.1) is 6.92 Å². The van der Waals surface area contributed by atoms with E-state index in [4.69, 9.17) is 13.9 Å². The van der Waals surface area contributed by atoms with Crippen molar-refractivity contribution in [2.75, 3.05) is 17.9 Å². The van der Waals surface area contributed by atoms with E-state index < -0.39 is 0 Å². The van der Waals surface area contributed by atoms with E-state index in [-0.39, 0.29) is 24.2 Å². The second-order valence-corrected chi connectivity index (χ2v) is 7.68. The average Bonchev–Trinajstić information content (AvgIpc) is 3.45. The Labute approximate surface area is 182 Å². The molecular weight excluding hydrogens is 420 g/mol. The van der Waals surface area contributed by atoms with Gasteiger partial charge in [-0.2, -0.15) is 0 Å². The molecule has 31 heavy (non-hydrogen) atoms. The number of nitrogens with zero attached hydrogens (tertiary/aromatic N) is 3. The summed E-state index contributed by atoms with van der Waals surface area (Å²) in [5, 5.41) is 11.8. The van der Waals surface area contributed by atoms with Crippen LogP contribution in [-0.2, 0) is 11.3 Å². The lowest BCUT2D eigenvalue weighted by atomic mass is 10.1. The molecule has 0 radical (unpaired) electrons. The molecular formula is C21H20N4O5S. The summed E-state index contributed by atoms with van der Waals surface area (Å²) >= 11 is 1.24. The topological polar surface area (TPSA) is 108 Å². The highest BCUT2D eigenvalue weighted by Crippen LogP contribution is 2.37. The van der Waals surface area contributed by atoms with E-state index in [2.05, 4.69) is 22.1 Å². The molecule has 1 amide bonds. The quantitative estimate of drug-likeness (QED) is 0.321. The number of fused-ring (bicyclic) bond motifs is 1. The molecule has 0 atom stereocenters. The maximum absolute atomic E-state index is 12.6. The van der Waals surface area contributed by atoms with Gasteiger partial charge in [0.25, 0.3) is 0 Å². The number of ether oxygens (including phenoxy) is 2. The van der Waals surface area contributed by atoms with Crippen molar-refractivity contribution in [2.45, 2.75) is 25.5 Å². The minimum atomic E-state index is -0.291. The zero-order chi connectivity index (χ0) is 22.0. The van der Waals surface area contributed by atoms with E-state index in [1.165, 1.54) is 18.7 Å². The third kappa shape index (κ3) is 4.19. The van der Waals surface area contributed by atoms with Crippen molar-refractivity contribution in [3.8, 4) is 22.9 Å². The molecule has 1 aromatic carbocycles. The fourth-order valence-corrected chi connectivity index (χ4v) is 3.91. The number of hydrogen-bond acceptors (Lipinski definition) is 8. The van der Waals surface area contributed by atoms with Gasteiger partial charge in [-0.3, -0.25) is 14.2 Å². The third-order valence-electron chi connectivity index (χ3n) is 4.63. The van der Waals surface area contributed by atoms with E-state index in [0.29, 0.717) is 40.3 Å². The lowest BCUT2D eigenvalue weighted by molar-refractivity contribution is -0.113. The SMILES string of the molecule is C=CCn1c(SCC(=O)Nc2cc3c(cc2C(C)=O)OCO3)nnc1-c1ccoc1C. The zero-order valence-electron chi connectivity index (χ0n) is 17.0. The second kappa shape index (κ2) is 8.68. The summed E-state index contributed by atoms with van der Waals surface area (Å²) in [5.74, 6) is 1.93. The van der Waals surface area contributed by atoms with Crippen molar-refractivity contribution in [2.24, 2.45) is 0 Å². The molecule has 3 heterocycles. The van der Waals surface area contributed by atoms with Crippen LogP contribution in [0.5, 0.6) is 11.5 Å². The van der Waals surface area contributed by atoms with Gasteiger partial charge in [-0.1, -0.05) is 17.8 Å². The monoisotopic (exact) mass is 440 g/mol. The summed E-state index contributed by atoms with van der Waals surface area (Å²) in [4.78, 5) is 24.6. The maximum Gasteiger partial charge on any atom is 0.234 e. The molecule has 1 N–H and O–H groups in total. The van der Waals surface area contributed by atoms with Crippen molar-refractivity contribution in [3.63, 3.8) is 0 Å². The second-order valence-electron chi connectivity index (χ2n) is 6.74. The fraction of sp³-hybridized carbons (Fsp3) is 0.238. The Bertz CT molecular complexity index is 1170. The summed E-state index contributed by atoms with van der Waals surface area (Å²) in [5.41, 5.74) is 1.57. The van der Waals surface area contributed by atoms with Crippen LogP contribution in [0.25, 0.3) is 11.4 Å². The molecule has 2 aromatic heterocycles. The lowest BCUT2D eigenvalue weighted by Crippen LogP contribution is -2.16. The Morgan fingerprint density at radius 1 is 1.29 bits per heavy atom. The van der Waals surface area contributed by atoms with Gasteiger partial charge in [-0.15, -0.1) is 16.8 Å². The molecule has 9 nitrogen and oxygen atoms in total. The summed E-state index contributed by atoms with van der Waals surface area (Å²) < 4.78 is 17.9. The summed E-state index contributed by atoms with van der Waals surface area (Å²) in [6.07, 6.45) is 3.33. The Kier molecular flexibility index (Phi) is 5.81. The Hall–Kier alpha value is -3.53. The largest absolute Gasteiger partial charge is 0.469 e. The van der Waals surface area contributed by atoms with Crippen LogP contribution in [0.2, 0.25) is 0 Å². The number of carbonyl (C=O) groups is 2. The van der Waals surface area contributed by atoms with Gasteiger partial charge >= 0.3 is 0 Å². The molecule has 1 aliphatic heterocycles. The summed E-state index contributed by atoms with van der Waals surface area (Å²) in [6, 6.07) is 5.00. The van der Waals surface area contributed by atoms with E-state index in [1.807, 2.05) is 17.6 Å². The van der Waals surface area contributed by atoms with Gasteiger partial charge in [-0.05, 0) is 26.0 Å². The highest BCUT2D eigenvalue weighted by molar-refractivity contribution is 7.99. The molecule has 0 fully saturated rings. The van der Waals surface area contributed by atoms with Gasteiger partial charge in [0.1, 0.15) is 5.76 Å². The first-order chi connectivity index (χ1) is 15.0. The van der Waals surface area contributed by atoms with Crippen LogP contribution in [0.1, 0.15) is 23.0 Å². The molecule has 0 bridgehead atoms. The van der Waals surface area contributed by atoms with Crippen molar-refractivity contribution in [1.82, 2.24) is 14.8 Å². The standard InChI is InChI=1S/C21H20N4O5S/c1-4-6-25-20(14-5-7-28-13(14)3)23-24-21(25)31-10-19(27)22-16-9-18-17(29-11-30-18)8-15(16)12(2)26/h4-5,7-9H,1,6,10-11H2,2-3H3,(H,22,27). The number of aryl methyl sites for hydroxylation is 1. The number of furan rings is 1. The predicted octanol–water partition coefficient (Wildman–Crippen LogP) is 3.69. The normalized spacial score (nSPS) is 12.1. The number of nitrogens with one attached hydrogen (secondary N) is 1. The number of Topliss-reactive ketones (excluding diaryl/α,β-unsaturated/α-hetero) is 1. The van der Waals surface area contributed by atoms with Gasteiger partial charge in [0, 0.05) is 18.2 Å². The van der Waals surface area contributed by atoms with Crippen molar-refractivity contribution >= 4 is 29.1 Å². The number of amides is 1. The Balaban J connectivity index is 1.50. The molecule has 0 saturated carbocycles. The fourth-order valence-electron chi connectivity index (χ4n) is 3.16. The minimum Gasteiger partial charge on any atom is -0.469 e. The number of ketones is 1. The highest BCUT2D eigenvalue weighted by atomic mass is 32.2. The van der Waals surface area contributed by atoms with Crippen LogP contribution in [0.15, 0.2) is 46.7 Å². The molecule has 0 saturated heterocycles. The Morgan fingerprint density at radius 3 is 2.74 bits per heavy atom. The van der Waals surface area contributed by atoms with Gasteiger partial charge in [0.15, 0.2) is 28.3 Å². The molecule has 4 rings (SSSR count). The number of thioether (sulfide) groups is 1. The molecule has 0 unspecified atom stereocenters. The smallest absolute Gasteiger partial charge is 0.234 e. The number of carbonyl (C=O) groups excluding carboxylic acids is 2. The van der Waals surface area contributed by atoms with E-state index >= 15 is 0 Å². The van der Waals surface area contributed by atoms with Crippen LogP contribution < -0.4 is 14.8 Å². The number of aromatic nitrogens is 3. The van der Waals surface area contributed by atoms with Crippen LogP contribution in [-0.4, -0.2) is 39.0 Å². The van der Waals surface area contributed by atoms with Crippen LogP contribution in [0.3, 0.4) is 0 Å².